The maximum Gasteiger partial charge on any atom is 0.269 e. The van der Waals surface area contributed by atoms with Crippen molar-refractivity contribution in [2.75, 3.05) is 56.1 Å². The number of aliphatic imine (C=N–C) groups is 1. The van der Waals surface area contributed by atoms with Crippen LogP contribution in [0.5, 0.6) is 5.75 Å². The van der Waals surface area contributed by atoms with Crippen molar-refractivity contribution in [3.05, 3.63) is 82.2 Å². The van der Waals surface area contributed by atoms with Crippen LogP contribution in [-0.2, 0) is 20.9 Å². The molecule has 12 heteroatoms. The first-order chi connectivity index (χ1) is 20.9. The van der Waals surface area contributed by atoms with Gasteiger partial charge < -0.3 is 30.1 Å². The minimum absolute atomic E-state index is 0.138. The number of amidine groups is 1. The van der Waals surface area contributed by atoms with Crippen molar-refractivity contribution in [2.45, 2.75) is 18.4 Å². The van der Waals surface area contributed by atoms with Crippen molar-refractivity contribution in [3.63, 3.8) is 0 Å². The lowest BCUT2D eigenvalue weighted by atomic mass is 10.2. The Labute approximate surface area is 259 Å². The summed E-state index contributed by atoms with van der Waals surface area (Å²) in [5.41, 5.74) is 3.74. The minimum Gasteiger partial charge on any atom is -0.491 e. The van der Waals surface area contributed by atoms with E-state index in [4.69, 9.17) is 14.5 Å². The lowest BCUT2D eigenvalue weighted by Crippen LogP contribution is -2.29. The number of fused-ring (bicyclic) bond motifs is 1. The molecule has 0 spiro atoms. The molecule has 1 saturated heterocycles. The number of benzene rings is 3. The molecule has 10 nitrogen and oxygen atoms in total. The second kappa shape index (κ2) is 14.0. The van der Waals surface area contributed by atoms with Crippen LogP contribution in [0, 0.1) is 0 Å². The summed E-state index contributed by atoms with van der Waals surface area (Å²) in [5.74, 6) is 0.0733. The molecule has 2 aliphatic heterocycles. The van der Waals surface area contributed by atoms with Gasteiger partial charge in [-0.25, -0.2) is 4.99 Å². The van der Waals surface area contributed by atoms with E-state index in [0.717, 1.165) is 32.6 Å². The Balaban J connectivity index is 1.52. The predicted octanol–water partition coefficient (Wildman–Crippen LogP) is 5.25. The van der Waals surface area contributed by atoms with Crippen molar-refractivity contribution in [2.24, 2.45) is 4.99 Å². The van der Waals surface area contributed by atoms with Crippen LogP contribution in [0.1, 0.15) is 12.5 Å². The zero-order valence-corrected chi connectivity index (χ0v) is 25.8. The zero-order chi connectivity index (χ0) is 30.3. The summed E-state index contributed by atoms with van der Waals surface area (Å²) >= 11 is 2.87. The monoisotopic (exact) mass is 619 g/mol. The molecule has 0 radical (unpaired) electrons. The Hall–Kier alpha value is -3.97. The molecule has 2 heterocycles. The van der Waals surface area contributed by atoms with Gasteiger partial charge in [-0.15, -0.1) is 0 Å². The number of rotatable bonds is 11. The maximum atomic E-state index is 14.1. The van der Waals surface area contributed by atoms with Gasteiger partial charge in [0.2, 0.25) is 5.91 Å². The van der Waals surface area contributed by atoms with Gasteiger partial charge in [0.15, 0.2) is 5.17 Å². The molecule has 0 saturated carbocycles. The summed E-state index contributed by atoms with van der Waals surface area (Å²) in [6, 6.07) is 21.0. The van der Waals surface area contributed by atoms with Gasteiger partial charge in [-0.1, -0.05) is 42.1 Å². The molecule has 0 bridgehead atoms. The molecule has 3 aromatic rings. The van der Waals surface area contributed by atoms with Crippen LogP contribution < -0.4 is 20.3 Å². The highest BCUT2D eigenvalue weighted by molar-refractivity contribution is 8.19. The number of carbonyl (C=O) groups excluding carboxylic acids is 2. The van der Waals surface area contributed by atoms with Crippen LogP contribution >= 0.6 is 23.5 Å². The topological polar surface area (TPSA) is 116 Å². The van der Waals surface area contributed by atoms with Gasteiger partial charge in [0.1, 0.15) is 23.9 Å². The number of amides is 2. The zero-order valence-electron chi connectivity index (χ0n) is 24.1. The average molecular weight is 620 g/mol. The fourth-order valence-electron chi connectivity index (χ4n) is 4.53. The fourth-order valence-corrected chi connectivity index (χ4v) is 6.84. The van der Waals surface area contributed by atoms with Crippen LogP contribution in [0.15, 0.2) is 86.6 Å². The van der Waals surface area contributed by atoms with Crippen molar-refractivity contribution in [3.8, 4) is 5.75 Å². The molecular formula is C31H33N5O5S2. The summed E-state index contributed by atoms with van der Waals surface area (Å²) in [5, 5.41) is 16.5. The number of ether oxygens (including phenoxy) is 2. The Kier molecular flexibility index (Phi) is 9.93. The van der Waals surface area contributed by atoms with Gasteiger partial charge in [-0.2, -0.15) is 0 Å². The number of thioether (sulfide) groups is 2. The maximum absolute atomic E-state index is 14.1. The first-order valence-corrected chi connectivity index (χ1v) is 15.4. The number of hydrogen-bond acceptors (Lipinski definition) is 10. The highest BCUT2D eigenvalue weighted by Crippen LogP contribution is 2.51. The van der Waals surface area contributed by atoms with E-state index in [9.17, 15) is 14.7 Å². The van der Waals surface area contributed by atoms with Crippen LogP contribution in [0.25, 0.3) is 0 Å². The largest absolute Gasteiger partial charge is 0.491 e. The van der Waals surface area contributed by atoms with E-state index in [0.29, 0.717) is 47.8 Å². The Morgan fingerprint density at radius 1 is 1.05 bits per heavy atom. The van der Waals surface area contributed by atoms with Crippen molar-refractivity contribution >= 4 is 63.3 Å². The molecular weight excluding hydrogens is 587 g/mol. The SMILES string of the molecule is CCNc1ccc(NC(=O)CO)cc1N=C1S/C(=C2\Sc3ccc(OCCOC)cc3N2C)C(=O)N1Cc1ccccc1. The molecule has 3 aromatic carbocycles. The number of carbonyl (C=O) groups is 2. The highest BCUT2D eigenvalue weighted by Gasteiger charge is 2.39. The third-order valence-corrected chi connectivity index (χ3v) is 9.04. The quantitative estimate of drug-likeness (QED) is 0.196. The van der Waals surface area contributed by atoms with Crippen molar-refractivity contribution < 1.29 is 24.2 Å². The molecule has 43 heavy (non-hydrogen) atoms. The van der Waals surface area contributed by atoms with Gasteiger partial charge >= 0.3 is 0 Å². The lowest BCUT2D eigenvalue weighted by Gasteiger charge is -2.17. The lowest BCUT2D eigenvalue weighted by molar-refractivity contribution is -0.122. The van der Waals surface area contributed by atoms with Crippen LogP contribution in [0.4, 0.5) is 22.7 Å². The van der Waals surface area contributed by atoms with E-state index in [2.05, 4.69) is 10.6 Å². The standard InChI is InChI=1S/C31H33N5O5S2/c1-4-32-23-12-10-21(33-27(38)19-37)16-24(23)34-31-36(18-20-8-6-5-7-9-20)29(39)28(43-31)30-35(2)25-17-22(41-15-14-40-3)11-13-26(25)42-30/h5-13,16-17,32,37H,4,14-15,18-19H2,1-3H3,(H,33,38)/b30-28-,34-31?. The number of aliphatic hydroxyl groups excluding tert-OH is 1. The summed E-state index contributed by atoms with van der Waals surface area (Å²) < 4.78 is 10.9. The van der Waals surface area contributed by atoms with Gasteiger partial charge in [0.25, 0.3) is 5.91 Å². The molecule has 0 unspecified atom stereocenters. The molecule has 1 fully saturated rings. The van der Waals surface area contributed by atoms with Gasteiger partial charge in [-0.3, -0.25) is 14.5 Å². The Bertz CT molecular complexity index is 1560. The molecule has 224 valence electrons. The Morgan fingerprint density at radius 2 is 1.86 bits per heavy atom. The van der Waals surface area contributed by atoms with Gasteiger partial charge in [-0.05, 0) is 54.6 Å². The summed E-state index contributed by atoms with van der Waals surface area (Å²) in [6.07, 6.45) is 0. The van der Waals surface area contributed by atoms with E-state index in [-0.39, 0.29) is 5.91 Å². The molecule has 0 aliphatic carbocycles. The second-order valence-corrected chi connectivity index (χ2v) is 11.6. The third-order valence-electron chi connectivity index (χ3n) is 6.61. The Morgan fingerprint density at radius 3 is 2.60 bits per heavy atom. The number of hydrogen-bond donors (Lipinski definition) is 3. The average Bonchev–Trinajstić information content (AvgIpc) is 3.50. The number of nitrogens with zero attached hydrogens (tertiary/aromatic N) is 3. The van der Waals surface area contributed by atoms with Gasteiger partial charge in [0.05, 0.1) is 35.2 Å². The number of aliphatic hydroxyl groups is 1. The number of nitrogens with one attached hydrogen (secondary N) is 2. The second-order valence-electron chi connectivity index (χ2n) is 9.61. The normalized spacial score (nSPS) is 17.0. The molecule has 5 rings (SSSR count). The van der Waals surface area contributed by atoms with Gasteiger partial charge in [0, 0.05) is 37.4 Å². The summed E-state index contributed by atoms with van der Waals surface area (Å²) in [7, 11) is 3.58. The van der Waals surface area contributed by atoms with Crippen LogP contribution in [0.3, 0.4) is 0 Å². The van der Waals surface area contributed by atoms with Crippen molar-refractivity contribution in [1.82, 2.24) is 4.90 Å². The smallest absolute Gasteiger partial charge is 0.269 e. The van der Waals surface area contributed by atoms with E-state index in [1.165, 1.54) is 11.8 Å². The first-order valence-electron chi connectivity index (χ1n) is 13.7. The third kappa shape index (κ3) is 6.99. The van der Waals surface area contributed by atoms with E-state index < -0.39 is 12.5 Å². The fraction of sp³-hybridized carbons (Fsp3) is 0.258. The first kappa shape index (κ1) is 30.5. The highest BCUT2D eigenvalue weighted by atomic mass is 32.2. The summed E-state index contributed by atoms with van der Waals surface area (Å²) in [4.78, 5) is 36.2. The van der Waals surface area contributed by atoms with Crippen LogP contribution in [0.2, 0.25) is 0 Å². The molecule has 0 atom stereocenters. The van der Waals surface area contributed by atoms with E-state index in [1.807, 2.05) is 73.5 Å². The molecule has 3 N–H and O–H groups in total. The van der Waals surface area contributed by atoms with E-state index >= 15 is 0 Å². The number of anilines is 3. The van der Waals surface area contributed by atoms with Crippen LogP contribution in [-0.4, -0.2) is 67.5 Å². The van der Waals surface area contributed by atoms with Crippen molar-refractivity contribution in [1.29, 1.82) is 0 Å². The number of methoxy groups -OCH3 is 1. The minimum atomic E-state index is -0.626. The molecule has 2 aliphatic rings. The summed E-state index contributed by atoms with van der Waals surface area (Å²) in [6.45, 7) is 3.30. The molecule has 0 aromatic heterocycles. The molecule has 2 amide bonds. The van der Waals surface area contributed by atoms with E-state index in [1.54, 1.807) is 35.9 Å². The predicted molar refractivity (Wildman–Crippen MR) is 173 cm³/mol.